The fourth-order valence-electron chi connectivity index (χ4n) is 2.73. The van der Waals surface area contributed by atoms with E-state index >= 15 is 0 Å². The number of ether oxygens (including phenoxy) is 1. The summed E-state index contributed by atoms with van der Waals surface area (Å²) < 4.78 is 10.3. The van der Waals surface area contributed by atoms with Gasteiger partial charge in [0.1, 0.15) is 6.61 Å². The number of hydrogen-bond donors (Lipinski definition) is 1. The minimum absolute atomic E-state index is 0.494. The Balaban J connectivity index is 1.79. The van der Waals surface area contributed by atoms with Gasteiger partial charge in [-0.3, -0.25) is 4.90 Å². The number of likely N-dealkylation sites (tertiary alicyclic amines) is 1. The first-order valence-electron chi connectivity index (χ1n) is 7.56. The summed E-state index contributed by atoms with van der Waals surface area (Å²) in [5.41, 5.74) is 1.01. The van der Waals surface area contributed by atoms with Gasteiger partial charge in [0.2, 0.25) is 0 Å². The van der Waals surface area contributed by atoms with E-state index in [1.54, 1.807) is 7.11 Å². The van der Waals surface area contributed by atoms with E-state index in [-0.39, 0.29) is 0 Å². The van der Waals surface area contributed by atoms with Gasteiger partial charge in [-0.1, -0.05) is 19.0 Å². The molecule has 1 N–H and O–H groups in total. The molecule has 0 saturated carbocycles. The molecule has 1 atom stereocenters. The Morgan fingerprint density at radius 1 is 1.55 bits per heavy atom. The van der Waals surface area contributed by atoms with Crippen LogP contribution in [0.15, 0.2) is 10.6 Å². The van der Waals surface area contributed by atoms with Crippen molar-refractivity contribution in [2.75, 3.05) is 26.7 Å². The Labute approximate surface area is 121 Å². The van der Waals surface area contributed by atoms with E-state index in [1.807, 2.05) is 6.07 Å². The molecule has 5 heteroatoms. The number of aromatic nitrogens is 1. The fourth-order valence-corrected chi connectivity index (χ4v) is 2.73. The molecule has 1 unspecified atom stereocenters. The van der Waals surface area contributed by atoms with Crippen molar-refractivity contribution in [3.8, 4) is 0 Å². The standard InChI is InChI=1S/C15H27N3O2/c1-12(2)16-8-13-5-4-6-18(9-13)10-14-7-15(11-19-3)20-17-14/h7,12-13,16H,4-6,8-11H2,1-3H3. The topological polar surface area (TPSA) is 50.5 Å². The van der Waals surface area contributed by atoms with Gasteiger partial charge in [-0.15, -0.1) is 0 Å². The van der Waals surface area contributed by atoms with Crippen LogP contribution in [-0.4, -0.2) is 42.8 Å². The average Bonchev–Trinajstić information content (AvgIpc) is 2.85. The Hall–Kier alpha value is -0.910. The quantitative estimate of drug-likeness (QED) is 0.829. The maximum absolute atomic E-state index is 5.24. The highest BCUT2D eigenvalue weighted by molar-refractivity contribution is 5.04. The lowest BCUT2D eigenvalue weighted by Crippen LogP contribution is -2.40. The van der Waals surface area contributed by atoms with Crippen LogP contribution in [0.25, 0.3) is 0 Å². The number of nitrogens with one attached hydrogen (secondary N) is 1. The van der Waals surface area contributed by atoms with E-state index in [4.69, 9.17) is 9.26 Å². The van der Waals surface area contributed by atoms with E-state index in [0.717, 1.165) is 43.6 Å². The predicted molar refractivity (Wildman–Crippen MR) is 78.4 cm³/mol. The molecule has 0 spiro atoms. The van der Waals surface area contributed by atoms with Crippen molar-refractivity contribution >= 4 is 0 Å². The first-order chi connectivity index (χ1) is 9.67. The molecule has 1 saturated heterocycles. The summed E-state index contributed by atoms with van der Waals surface area (Å²) in [6.45, 7) is 9.19. The van der Waals surface area contributed by atoms with Crippen LogP contribution in [0.2, 0.25) is 0 Å². The summed E-state index contributed by atoms with van der Waals surface area (Å²) in [4.78, 5) is 2.48. The van der Waals surface area contributed by atoms with Crippen LogP contribution in [0.3, 0.4) is 0 Å². The minimum Gasteiger partial charge on any atom is -0.377 e. The number of hydrogen-bond acceptors (Lipinski definition) is 5. The van der Waals surface area contributed by atoms with Crippen LogP contribution >= 0.6 is 0 Å². The van der Waals surface area contributed by atoms with Crippen molar-refractivity contribution in [2.24, 2.45) is 5.92 Å². The summed E-state index contributed by atoms with van der Waals surface area (Å²) in [5.74, 6) is 1.55. The summed E-state index contributed by atoms with van der Waals surface area (Å²) in [7, 11) is 1.67. The second kappa shape index (κ2) is 7.76. The van der Waals surface area contributed by atoms with E-state index < -0.39 is 0 Å². The highest BCUT2D eigenvalue weighted by atomic mass is 16.5. The van der Waals surface area contributed by atoms with Gasteiger partial charge in [-0.2, -0.15) is 0 Å². The van der Waals surface area contributed by atoms with Gasteiger partial charge in [0.15, 0.2) is 5.76 Å². The second-order valence-electron chi connectivity index (χ2n) is 6.02. The highest BCUT2D eigenvalue weighted by Crippen LogP contribution is 2.18. The summed E-state index contributed by atoms with van der Waals surface area (Å²) in [5, 5.41) is 7.66. The van der Waals surface area contributed by atoms with Crippen LogP contribution in [0.5, 0.6) is 0 Å². The molecule has 2 rings (SSSR count). The average molecular weight is 281 g/mol. The van der Waals surface area contributed by atoms with Gasteiger partial charge in [-0.25, -0.2) is 0 Å². The predicted octanol–water partition coefficient (Wildman–Crippen LogP) is 2.03. The van der Waals surface area contributed by atoms with Gasteiger partial charge < -0.3 is 14.6 Å². The Kier molecular flexibility index (Phi) is 6.01. The lowest BCUT2D eigenvalue weighted by Gasteiger charge is -2.32. The molecule has 5 nitrogen and oxygen atoms in total. The van der Waals surface area contributed by atoms with Crippen molar-refractivity contribution in [3.63, 3.8) is 0 Å². The SMILES string of the molecule is COCc1cc(CN2CCCC(CNC(C)C)C2)no1. The lowest BCUT2D eigenvalue weighted by atomic mass is 9.97. The molecule has 0 amide bonds. The zero-order chi connectivity index (χ0) is 14.4. The molecular weight excluding hydrogens is 254 g/mol. The van der Waals surface area contributed by atoms with Crippen molar-refractivity contribution in [1.29, 1.82) is 0 Å². The Morgan fingerprint density at radius 3 is 3.15 bits per heavy atom. The first kappa shape index (κ1) is 15.5. The molecule has 1 aliphatic rings. The van der Waals surface area contributed by atoms with E-state index in [9.17, 15) is 0 Å². The molecule has 0 radical (unpaired) electrons. The smallest absolute Gasteiger partial charge is 0.162 e. The number of rotatable bonds is 7. The van der Waals surface area contributed by atoms with Crippen molar-refractivity contribution in [3.05, 3.63) is 17.5 Å². The zero-order valence-electron chi connectivity index (χ0n) is 12.9. The summed E-state index contributed by atoms with van der Waals surface area (Å²) >= 11 is 0. The lowest BCUT2D eigenvalue weighted by molar-refractivity contribution is 0.152. The van der Waals surface area contributed by atoms with E-state index in [0.29, 0.717) is 12.6 Å². The molecule has 0 bridgehead atoms. The van der Waals surface area contributed by atoms with E-state index in [1.165, 1.54) is 12.8 Å². The largest absolute Gasteiger partial charge is 0.377 e. The molecule has 114 valence electrons. The van der Waals surface area contributed by atoms with Gasteiger partial charge >= 0.3 is 0 Å². The van der Waals surface area contributed by atoms with Crippen molar-refractivity contribution < 1.29 is 9.26 Å². The number of nitrogens with zero attached hydrogens (tertiary/aromatic N) is 2. The van der Waals surface area contributed by atoms with Gasteiger partial charge in [0, 0.05) is 32.3 Å². The van der Waals surface area contributed by atoms with Gasteiger partial charge in [0.25, 0.3) is 0 Å². The zero-order valence-corrected chi connectivity index (χ0v) is 12.9. The molecular formula is C15H27N3O2. The molecule has 1 fully saturated rings. The molecule has 1 aromatic rings. The monoisotopic (exact) mass is 281 g/mol. The van der Waals surface area contributed by atoms with Crippen molar-refractivity contribution in [2.45, 2.75) is 45.9 Å². The van der Waals surface area contributed by atoms with Crippen LogP contribution in [-0.2, 0) is 17.9 Å². The van der Waals surface area contributed by atoms with Crippen molar-refractivity contribution in [1.82, 2.24) is 15.4 Å². The molecule has 1 aliphatic heterocycles. The van der Waals surface area contributed by atoms with Crippen LogP contribution in [0.4, 0.5) is 0 Å². The van der Waals surface area contributed by atoms with Crippen LogP contribution < -0.4 is 5.32 Å². The molecule has 2 heterocycles. The third kappa shape index (κ3) is 4.89. The summed E-state index contributed by atoms with van der Waals surface area (Å²) in [6.07, 6.45) is 2.59. The maximum Gasteiger partial charge on any atom is 0.162 e. The second-order valence-corrected chi connectivity index (χ2v) is 6.02. The van der Waals surface area contributed by atoms with Crippen LogP contribution in [0, 0.1) is 5.92 Å². The number of piperidine rings is 1. The maximum atomic E-state index is 5.24. The van der Waals surface area contributed by atoms with E-state index in [2.05, 4.69) is 29.2 Å². The normalized spacial score (nSPS) is 20.7. The molecule has 1 aromatic heterocycles. The van der Waals surface area contributed by atoms with Gasteiger partial charge in [0.05, 0.1) is 5.69 Å². The fraction of sp³-hybridized carbons (Fsp3) is 0.800. The Bertz CT molecular complexity index is 392. The minimum atomic E-state index is 0.494. The summed E-state index contributed by atoms with van der Waals surface area (Å²) in [6, 6.07) is 2.57. The Morgan fingerprint density at radius 2 is 2.40 bits per heavy atom. The molecule has 0 aromatic carbocycles. The van der Waals surface area contributed by atoms with Crippen LogP contribution in [0.1, 0.15) is 38.1 Å². The molecule has 0 aliphatic carbocycles. The number of methoxy groups -OCH3 is 1. The first-order valence-corrected chi connectivity index (χ1v) is 7.56. The third-order valence-electron chi connectivity index (χ3n) is 3.70. The third-order valence-corrected chi connectivity index (χ3v) is 3.70. The van der Waals surface area contributed by atoms with Gasteiger partial charge in [-0.05, 0) is 31.8 Å². The molecule has 20 heavy (non-hydrogen) atoms. The highest BCUT2D eigenvalue weighted by Gasteiger charge is 2.20.